The van der Waals surface area contributed by atoms with E-state index in [9.17, 15) is 10.2 Å². The van der Waals surface area contributed by atoms with E-state index in [2.05, 4.69) is 23.7 Å². The molecule has 0 bridgehead atoms. The molecule has 0 amide bonds. The summed E-state index contributed by atoms with van der Waals surface area (Å²) in [5, 5.41) is 20.6. The largest absolute Gasteiger partial charge is 0.506 e. The first-order valence-corrected chi connectivity index (χ1v) is 14.6. The number of hydrogen-bond acceptors (Lipinski definition) is 7. The molecule has 0 atom stereocenters. The Morgan fingerprint density at radius 2 is 0.830 bits per heavy atom. The third-order valence-corrected chi connectivity index (χ3v) is 7.43. The Labute approximate surface area is 272 Å². The molecule has 10 N–H and O–H groups in total. The van der Waals surface area contributed by atoms with Crippen molar-refractivity contribution in [2.45, 2.75) is 0 Å². The Kier molecular flexibility index (Phi) is 8.29. The second-order valence-electron chi connectivity index (χ2n) is 10.8. The molecule has 0 fully saturated rings. The normalized spacial score (nSPS) is 10.3. The van der Waals surface area contributed by atoms with E-state index >= 15 is 0 Å². The van der Waals surface area contributed by atoms with E-state index in [1.807, 2.05) is 72.8 Å². The summed E-state index contributed by atoms with van der Waals surface area (Å²) in [6.07, 6.45) is 0. The highest BCUT2D eigenvalue weighted by Gasteiger charge is 2.14. The summed E-state index contributed by atoms with van der Waals surface area (Å²) in [7, 11) is 0. The molecule has 0 aromatic heterocycles. The summed E-state index contributed by atoms with van der Waals surface area (Å²) in [6.45, 7) is 0. The smallest absolute Gasteiger partial charge is 0.150 e. The first kappa shape index (κ1) is 30.1. The number of phenolic OH excluding ortho intramolecular Hbond substituents is 2. The van der Waals surface area contributed by atoms with Gasteiger partial charge in [0.1, 0.15) is 23.0 Å². The molecule has 6 aromatic rings. The number of hydrogen-bond donors (Lipinski definition) is 6. The quantitative estimate of drug-likeness (QED) is 0.0689. The van der Waals surface area contributed by atoms with E-state index in [1.54, 1.807) is 48.5 Å². The number of rotatable bonds is 4. The maximum Gasteiger partial charge on any atom is 0.150 e. The average Bonchev–Trinajstić information content (AvgIpc) is 3.08. The molecule has 6 rings (SSSR count). The molecule has 47 heavy (non-hydrogen) atoms. The van der Waals surface area contributed by atoms with E-state index < -0.39 is 0 Å². The maximum absolute atomic E-state index is 10.3. The van der Waals surface area contributed by atoms with Gasteiger partial charge in [0.05, 0.1) is 22.7 Å². The van der Waals surface area contributed by atoms with Gasteiger partial charge in [-0.3, -0.25) is 0 Å². The van der Waals surface area contributed by atoms with Crippen molar-refractivity contribution in [1.82, 2.24) is 0 Å². The molecule has 228 valence electrons. The van der Waals surface area contributed by atoms with Crippen molar-refractivity contribution in [2.75, 3.05) is 22.9 Å². The van der Waals surface area contributed by atoms with Crippen LogP contribution >= 0.6 is 0 Å². The van der Waals surface area contributed by atoms with Crippen molar-refractivity contribution in [1.29, 1.82) is 0 Å². The van der Waals surface area contributed by atoms with Crippen molar-refractivity contribution in [2.24, 2.45) is 0 Å². The molecule has 7 nitrogen and oxygen atoms in total. The minimum atomic E-state index is -0.0525. The molecule has 0 aliphatic carbocycles. The molecule has 6 aromatic carbocycles. The van der Waals surface area contributed by atoms with Gasteiger partial charge in [0.15, 0.2) is 0 Å². The Balaban J connectivity index is 1.29. The number of anilines is 4. The third kappa shape index (κ3) is 6.76. The van der Waals surface area contributed by atoms with Gasteiger partial charge in [-0.15, -0.1) is 0 Å². The van der Waals surface area contributed by atoms with Crippen LogP contribution in [0.2, 0.25) is 0 Å². The van der Waals surface area contributed by atoms with Crippen molar-refractivity contribution >= 4 is 22.7 Å². The van der Waals surface area contributed by atoms with Gasteiger partial charge in [0.2, 0.25) is 0 Å². The summed E-state index contributed by atoms with van der Waals surface area (Å²) in [5.74, 6) is 13.2. The Hall–Kier alpha value is -6.96. The van der Waals surface area contributed by atoms with Gasteiger partial charge >= 0.3 is 0 Å². The monoisotopic (exact) mass is 614 g/mol. The van der Waals surface area contributed by atoms with Gasteiger partial charge in [-0.25, -0.2) is 0 Å². The Morgan fingerprint density at radius 1 is 0.426 bits per heavy atom. The fourth-order valence-corrected chi connectivity index (χ4v) is 4.95. The van der Waals surface area contributed by atoms with Gasteiger partial charge < -0.3 is 37.9 Å². The van der Waals surface area contributed by atoms with Crippen LogP contribution in [0.3, 0.4) is 0 Å². The van der Waals surface area contributed by atoms with Crippen LogP contribution in [-0.4, -0.2) is 10.2 Å². The molecular formula is C40H30N4O3. The summed E-state index contributed by atoms with van der Waals surface area (Å²) in [5.41, 5.74) is 32.0. The predicted octanol–water partition coefficient (Wildman–Crippen LogP) is 7.35. The van der Waals surface area contributed by atoms with Gasteiger partial charge in [-0.05, 0) is 95.1 Å². The molecule has 0 saturated carbocycles. The average molecular weight is 615 g/mol. The SMILES string of the molecule is Nc1cc(-c2ccc(Oc3ccc(-c4cc(N)c(O)cc4C#Cc4ccccc4)cc3N)c(N)c2)c(C#Cc2ccccc2)cc1O. The molecule has 0 aliphatic heterocycles. The van der Waals surface area contributed by atoms with Crippen LogP contribution in [-0.2, 0) is 0 Å². The first-order valence-electron chi connectivity index (χ1n) is 14.6. The molecule has 0 unspecified atom stereocenters. The zero-order valence-electron chi connectivity index (χ0n) is 25.2. The zero-order chi connectivity index (χ0) is 32.9. The number of aromatic hydroxyl groups is 2. The summed E-state index contributed by atoms with van der Waals surface area (Å²) < 4.78 is 6.14. The summed E-state index contributed by atoms with van der Waals surface area (Å²) in [6, 6.07) is 36.2. The van der Waals surface area contributed by atoms with E-state index in [0.29, 0.717) is 45.1 Å². The highest BCUT2D eigenvalue weighted by molar-refractivity contribution is 5.82. The van der Waals surface area contributed by atoms with E-state index in [4.69, 9.17) is 27.7 Å². The first-order chi connectivity index (χ1) is 22.7. The van der Waals surface area contributed by atoms with Crippen molar-refractivity contribution in [3.05, 3.63) is 144 Å². The third-order valence-electron chi connectivity index (χ3n) is 7.43. The lowest BCUT2D eigenvalue weighted by Gasteiger charge is -2.15. The molecule has 7 heteroatoms. The fourth-order valence-electron chi connectivity index (χ4n) is 4.95. The zero-order valence-corrected chi connectivity index (χ0v) is 25.2. The maximum atomic E-state index is 10.3. The molecule has 0 spiro atoms. The van der Waals surface area contributed by atoms with Crippen LogP contribution in [0.4, 0.5) is 22.7 Å². The second kappa shape index (κ2) is 13.0. The number of phenols is 2. The van der Waals surface area contributed by atoms with Crippen LogP contribution in [0.15, 0.2) is 121 Å². The van der Waals surface area contributed by atoms with Crippen LogP contribution in [0.5, 0.6) is 23.0 Å². The lowest BCUT2D eigenvalue weighted by Crippen LogP contribution is -1.98. The van der Waals surface area contributed by atoms with Crippen LogP contribution in [0.25, 0.3) is 22.3 Å². The highest BCUT2D eigenvalue weighted by atomic mass is 16.5. The van der Waals surface area contributed by atoms with Crippen molar-refractivity contribution in [3.63, 3.8) is 0 Å². The molecule has 0 aliphatic rings. The molecule has 0 saturated heterocycles. The van der Waals surface area contributed by atoms with E-state index in [-0.39, 0.29) is 22.9 Å². The molecular weight excluding hydrogens is 584 g/mol. The summed E-state index contributed by atoms with van der Waals surface area (Å²) >= 11 is 0. The predicted molar refractivity (Wildman–Crippen MR) is 190 cm³/mol. The minimum absolute atomic E-state index is 0.0525. The summed E-state index contributed by atoms with van der Waals surface area (Å²) in [4.78, 5) is 0. The molecule has 0 radical (unpaired) electrons. The lowest BCUT2D eigenvalue weighted by molar-refractivity contribution is 0.477. The van der Waals surface area contributed by atoms with Gasteiger partial charge in [-0.2, -0.15) is 0 Å². The fraction of sp³-hybridized carbons (Fsp3) is 0. The number of nitrogen functional groups attached to an aromatic ring is 4. The topological polar surface area (TPSA) is 154 Å². The number of nitrogens with two attached hydrogens (primary N) is 4. The van der Waals surface area contributed by atoms with Crippen LogP contribution in [0, 0.1) is 23.7 Å². The standard InChI is InChI=1S/C40H30N4O3/c41-33-23-31(29(21-37(33)45)13-11-25-7-3-1-4-8-25)27-15-17-39(35(43)19-27)47-40-18-16-28(20-36(40)44)32-24-34(42)38(46)22-30(32)14-12-26-9-5-2-6-10-26/h1-10,15-24,45-46H,41-44H2. The van der Waals surface area contributed by atoms with Crippen LogP contribution < -0.4 is 27.7 Å². The van der Waals surface area contributed by atoms with Crippen molar-refractivity contribution < 1.29 is 14.9 Å². The Morgan fingerprint density at radius 3 is 1.21 bits per heavy atom. The van der Waals surface area contributed by atoms with E-state index in [1.165, 1.54) is 0 Å². The van der Waals surface area contributed by atoms with Crippen LogP contribution in [0.1, 0.15) is 22.3 Å². The number of ether oxygens (including phenoxy) is 1. The Bertz CT molecular complexity index is 2080. The number of benzene rings is 6. The minimum Gasteiger partial charge on any atom is -0.506 e. The highest BCUT2D eigenvalue weighted by Crippen LogP contribution is 2.39. The van der Waals surface area contributed by atoms with Gasteiger partial charge in [-0.1, -0.05) is 72.2 Å². The lowest BCUT2D eigenvalue weighted by atomic mass is 9.97. The van der Waals surface area contributed by atoms with E-state index in [0.717, 1.165) is 22.3 Å². The van der Waals surface area contributed by atoms with Crippen molar-refractivity contribution in [3.8, 4) is 68.9 Å². The molecule has 0 heterocycles. The second-order valence-corrected chi connectivity index (χ2v) is 10.8. The van der Waals surface area contributed by atoms with Gasteiger partial charge in [0.25, 0.3) is 0 Å². The van der Waals surface area contributed by atoms with Gasteiger partial charge in [0, 0.05) is 22.3 Å².